The zero-order valence-corrected chi connectivity index (χ0v) is 43.7. The van der Waals surface area contributed by atoms with E-state index in [0.717, 1.165) is 76.4 Å². The number of amides is 3. The normalized spacial score (nSPS) is 14.4. The molecule has 4 atom stereocenters. The molecule has 0 spiro atoms. The molecular weight excluding hydrogens is 1140 g/mol. The van der Waals surface area contributed by atoms with Crippen LogP contribution in [-0.2, 0) is 76.3 Å². The van der Waals surface area contributed by atoms with Gasteiger partial charge >= 0.3 is 44.5 Å². The van der Waals surface area contributed by atoms with Gasteiger partial charge in [-0.15, -0.1) is 10.2 Å². The van der Waals surface area contributed by atoms with Crippen LogP contribution in [0.25, 0.3) is 0 Å². The van der Waals surface area contributed by atoms with E-state index in [-0.39, 0.29) is 324 Å². The number of Topliss-reactive ketones (excluding diaryl/α,β-unsaturated/α-hetero) is 2. The minimum atomic E-state index is -2.07. The molecule has 2 aromatic rings. The van der Waals surface area contributed by atoms with E-state index in [9.17, 15) is 37.1 Å². The fourth-order valence-electron chi connectivity index (χ4n) is 8.03. The number of carbonyl (C=O) groups is 8. The van der Waals surface area contributed by atoms with Crippen molar-refractivity contribution in [3.05, 3.63) is 22.8 Å². The second-order valence-corrected chi connectivity index (χ2v) is 16.7. The Morgan fingerprint density at radius 2 is 0.989 bits per heavy atom. The van der Waals surface area contributed by atoms with Crippen LogP contribution in [0, 0.1) is 28.4 Å². The summed E-state index contributed by atoms with van der Waals surface area (Å²) in [6.07, 6.45) is 13.6. The molecule has 88 heavy (non-hydrogen) atoms. The molecule has 20 nitrogen and oxygen atoms in total. The summed E-state index contributed by atoms with van der Waals surface area (Å²) in [7, 11) is 7.35. The smallest absolute Gasteiger partial charge is 0.406 e. The summed E-state index contributed by atoms with van der Waals surface area (Å²) in [5.74, 6) is 1.53. The topological polar surface area (TPSA) is 291 Å². The number of nitrogens with zero attached hydrogens (tertiary/aromatic N) is 6. The maximum Gasteiger partial charge on any atom is 0.406 e. The summed E-state index contributed by atoms with van der Waals surface area (Å²) >= 11 is 0. The van der Waals surface area contributed by atoms with Gasteiger partial charge in [0.1, 0.15) is 31.5 Å². The molecule has 0 bridgehead atoms. The fraction of sp³-hybridized carbons (Fsp3) is 0.806. The van der Waals surface area contributed by atoms with Crippen molar-refractivity contribution in [2.45, 2.75) is 273 Å². The third kappa shape index (κ3) is 54.4. The first kappa shape index (κ1) is 128. The molecule has 0 saturated heterocycles. The molecule has 742 valence electrons. The minimum absolute atomic E-state index is 0. The van der Waals surface area contributed by atoms with Gasteiger partial charge in [0, 0.05) is 211 Å². The van der Waals surface area contributed by atoms with Gasteiger partial charge in [-0.3, -0.25) is 14.4 Å². The largest absolute Gasteiger partial charge is 0.449 e. The Labute approximate surface area is 696 Å². The number of ketones is 2. The Morgan fingerprint density at radius 3 is 1.41 bits per heavy atom. The maximum absolute atomic E-state index is 16.0. The molecule has 3 aliphatic carbocycles. The molecule has 5 N–H and O–H groups in total. The van der Waals surface area contributed by atoms with Crippen LogP contribution in [-0.4, -0.2) is 140 Å². The van der Waals surface area contributed by atoms with E-state index >= 15 is 4.39 Å². The number of fused-ring (bicyclic) bond motifs is 3. The van der Waals surface area contributed by atoms with Crippen molar-refractivity contribution in [2.24, 2.45) is 17.8 Å². The van der Waals surface area contributed by atoms with Crippen molar-refractivity contribution in [1.29, 1.82) is 10.6 Å². The number of aromatic nitrogens is 6. The molecule has 1 saturated carbocycles. The van der Waals surface area contributed by atoms with Gasteiger partial charge in [-0.25, -0.2) is 31.7 Å². The van der Waals surface area contributed by atoms with Crippen molar-refractivity contribution < 1.29 is 212 Å². The van der Waals surface area contributed by atoms with E-state index in [1.165, 1.54) is 19.8 Å². The second-order valence-electron chi connectivity index (χ2n) is 16.7. The summed E-state index contributed by atoms with van der Waals surface area (Å²) in [6.45, 7) is 4.05. The number of aldehydes is 3. The van der Waals surface area contributed by atoms with Crippen LogP contribution >= 0.6 is 0 Å². The number of nitrogens with one attached hydrogen (secondary N) is 5. The van der Waals surface area contributed by atoms with E-state index in [2.05, 4.69) is 36.6 Å². The molecular formula is C62H351B2F4N11O9. The molecule has 26 heteroatoms. The Balaban J connectivity index is -0.00000000245. The van der Waals surface area contributed by atoms with Crippen LogP contribution in [0.5, 0.6) is 0 Å². The summed E-state index contributed by atoms with van der Waals surface area (Å²) in [5, 5.41) is 36.8. The van der Waals surface area contributed by atoms with Gasteiger partial charge in [-0.05, 0) is 102 Å². The van der Waals surface area contributed by atoms with Crippen molar-refractivity contribution in [1.82, 2.24) is 45.9 Å². The predicted molar refractivity (Wildman–Crippen MR) is 592 cm³/mol. The average Bonchev–Trinajstić information content (AvgIpc) is 1.60. The van der Waals surface area contributed by atoms with E-state index in [0.29, 0.717) is 81.5 Å². The van der Waals surface area contributed by atoms with Crippen LogP contribution in [0.3, 0.4) is 0 Å². The van der Waals surface area contributed by atoms with Crippen LogP contribution in [0.15, 0.2) is 0 Å². The van der Waals surface area contributed by atoms with Crippen LogP contribution in [0.4, 0.5) is 22.4 Å². The van der Waals surface area contributed by atoms with Crippen molar-refractivity contribution in [2.75, 3.05) is 47.8 Å². The molecule has 0 aromatic carbocycles. The van der Waals surface area contributed by atoms with Crippen molar-refractivity contribution in [3.63, 3.8) is 0 Å². The average molecular weight is 1490 g/mol. The van der Waals surface area contributed by atoms with Crippen molar-refractivity contribution >= 4 is 62.5 Å². The molecule has 0 aliphatic heterocycles. The number of aryl methyl sites for hydroxylation is 3. The first-order valence-electron chi connectivity index (χ1n) is 24.8. The third-order valence-corrected chi connectivity index (χ3v) is 11.5. The number of hydrogen-bond acceptors (Lipinski definition) is 15. The zero-order chi connectivity index (χ0) is 55.5. The van der Waals surface area contributed by atoms with Gasteiger partial charge in [0.25, 0.3) is 0 Å². The molecule has 3 aliphatic rings. The number of ether oxygens (including phenoxy) is 1. The summed E-state index contributed by atoms with van der Waals surface area (Å²) in [4.78, 5) is 84.3. The second kappa shape index (κ2) is 81.3. The molecule has 5 rings (SSSR count). The minimum Gasteiger partial charge on any atom is -0.449 e. The molecule has 1 fully saturated rings. The quantitative estimate of drug-likeness (QED) is 0.0337. The molecule has 2 aromatic heterocycles. The zero-order valence-electron chi connectivity index (χ0n) is 43.7. The first-order chi connectivity index (χ1) is 35.1. The van der Waals surface area contributed by atoms with Gasteiger partial charge < -0.3 is 39.9 Å². The summed E-state index contributed by atoms with van der Waals surface area (Å²) in [5.41, 5.74) is 1.13. The molecule has 3 amide bonds. The number of alkyl halides is 4. The predicted octanol–water partition coefficient (Wildman–Crippen LogP) is 41.6. The van der Waals surface area contributed by atoms with Crippen molar-refractivity contribution in [3.8, 4) is 0 Å². The Morgan fingerprint density at radius 1 is 0.591 bits per heavy atom. The van der Waals surface area contributed by atoms with Gasteiger partial charge in [0.2, 0.25) is 17.5 Å². The third-order valence-electron chi connectivity index (χ3n) is 11.5. The number of carbonyl (C=O) groups excluding carboxylic acids is 8. The molecule has 0 radical (unpaired) electrons. The number of unbranched alkanes of at least 4 members (excludes halogenated alkanes) is 3. The number of hydrogen-bond donors (Lipinski definition) is 5. The maximum atomic E-state index is 16.0. The van der Waals surface area contributed by atoms with Gasteiger partial charge in [0.05, 0.1) is 23.7 Å². The Kier molecular flexibility index (Phi) is 118. The monoisotopic (exact) mass is 1490 g/mol. The number of halogens is 4. The van der Waals surface area contributed by atoms with E-state index in [4.69, 9.17) is 29.7 Å². The number of rotatable bonds is 21. The molecule has 1 unspecified atom stereocenters. The van der Waals surface area contributed by atoms with Crippen LogP contribution in [0.2, 0.25) is 13.6 Å². The molecule has 2 heterocycles. The van der Waals surface area contributed by atoms with E-state index < -0.39 is 31.5 Å². The standard InChI is InChI=1S/C22H35FN4O3.C17H27N5O3.3C2H3FO.2CH4BN.15CH4.106H2/c1-17(28)11-10-16-27-18-12-6-5-9-15-22(23,21(18)25-26-27)19(29)13-7-3-4-8-14-20(30)24-2;1-18-16(23)4-3-9-22-15-8-6-12-11(5-7-14(15)20-21-22)13(12)10-25-17(24)19-2;3*3-1-2-4;2*1-2-3;;;;;;;;;;;;;;;;;;;;;;;;;;;;;;;;;;;;;;;;;;;;;;;;;;;;;;;;;;;;;;;;;;;;;;;;;;;;;;;;;;;;;;;;;;;;;;;;;;;;;;;;;;;;;;;;;;;;;;;;;/h3-16H2,1-2H3,(H,24,30);11-13H,3-10H2,1-2H3,(H,18,23)(H,19,24);3*2H,1H2;2*3H,1H3;15*1H4;106*1H/t;11-,12+,13-;;;;;;;;;;;;;;;;;;;;;;;;;;;;;;;;;;;;;;;;;;;;;;;;;;;;;;;;;;;;;;;;;;;;;;;;;;;;;;;;;;;;;;;;;;;;;;;;;;;;;;;;;;;;;;;;;;;;;;;;;;;;;;/m.0............................................................................................................................../s1. The van der Waals surface area contributed by atoms with Gasteiger partial charge in [0.15, 0.2) is 24.6 Å². The van der Waals surface area contributed by atoms with Crippen LogP contribution in [0.1, 0.15) is 395 Å². The number of alkyl carbamates (subject to hydrolysis) is 1. The van der Waals surface area contributed by atoms with E-state index in [1.54, 1.807) is 46.4 Å². The SMILES string of the molecule is C.C.C.C.C.C.C.C.C.C.C.C.C.C.C.CB=N.CB=N.CNC(=O)CCCCCCC(=O)C1(F)CCCCCc2c1nnn2CCCC(C)=O.CNC(=O)CCCn1nnc2c1CC[C@@H]1[C@H](CC2)[C@@H]1COC(=O)NC.O=CCF.O=CCF.O=CCF.[HH].[HH].[HH].[HH].[HH].[HH].[HH].[HH].[HH].[HH].[HH].[HH].[HH].[HH].[HH].[HH].[HH].[HH].[HH].[HH].[HH].[HH].[HH].[HH].[HH].[HH].[HH].[HH].[HH].[HH].[HH].[HH].[HH].[HH].[HH].[HH].[HH].[HH].[HH].[HH].[HH].[HH].[HH].[HH].[HH].[HH].[HH].[HH].[HH].[HH].[HH].[HH].[HH].[HH].[HH].[HH].[HH].[HH].[HH].[HH].[HH].[HH].[HH].[HH].[HH].[HH].[HH].[HH].[HH].[HH].[HH].[HH].[HH].[HH].[HH].[HH].[HH].[HH].[HH].[HH].[HH].[HH].[HH].[HH].[HH].[HH].[HH].[HH].[HH].[HH].[HH].[HH].[HH].[HH].[HH].[HH].[HH].[HH].[HH].[HH].[HH].[HH].[HH].[HH].[HH].[HH]. The van der Waals surface area contributed by atoms with Gasteiger partial charge in [-0.2, -0.15) is 0 Å². The summed E-state index contributed by atoms with van der Waals surface area (Å²) < 4.78 is 56.0. The fourth-order valence-corrected chi connectivity index (χ4v) is 8.03. The first-order valence-corrected chi connectivity index (χ1v) is 24.8. The Hall–Kier alpha value is -5.71. The van der Waals surface area contributed by atoms with Gasteiger partial charge in [-0.1, -0.05) is 141 Å². The van der Waals surface area contributed by atoms with E-state index in [1.807, 2.05) is 4.68 Å². The van der Waals surface area contributed by atoms with Crippen LogP contribution < -0.4 is 16.0 Å². The summed E-state index contributed by atoms with van der Waals surface area (Å²) in [6, 6.07) is 0. The Bertz CT molecular complexity index is 2110.